The second kappa shape index (κ2) is 5.21. The third-order valence-electron chi connectivity index (χ3n) is 2.87. The predicted octanol–water partition coefficient (Wildman–Crippen LogP) is 1.94. The molecule has 1 N–H and O–H groups in total. The fourth-order valence-corrected chi connectivity index (χ4v) is 1.57. The first-order valence-corrected chi connectivity index (χ1v) is 6.14. The van der Waals surface area contributed by atoms with Crippen LogP contribution < -0.4 is 10.1 Å². The minimum Gasteiger partial charge on any atom is -0.481 e. The molecule has 0 heterocycles. The van der Waals surface area contributed by atoms with Crippen molar-refractivity contribution in [2.45, 2.75) is 38.8 Å². The van der Waals surface area contributed by atoms with E-state index < -0.39 is 6.10 Å². The number of benzene rings is 1. The van der Waals surface area contributed by atoms with Crippen molar-refractivity contribution in [2.75, 3.05) is 0 Å². The first-order valence-electron chi connectivity index (χ1n) is 6.14. The number of Topliss-reactive ketones (excluding diaryl/α,β-unsaturated/α-hetero) is 1. The molecule has 0 bridgehead atoms. The molecule has 1 aromatic carbocycles. The zero-order chi connectivity index (χ0) is 13.1. The van der Waals surface area contributed by atoms with Gasteiger partial charge in [0, 0.05) is 11.6 Å². The summed E-state index contributed by atoms with van der Waals surface area (Å²) in [5, 5.41) is 2.89. The molecule has 0 saturated heterocycles. The minimum absolute atomic E-state index is 0.0149. The molecule has 1 atom stereocenters. The lowest BCUT2D eigenvalue weighted by molar-refractivity contribution is -0.127. The van der Waals surface area contributed by atoms with Crippen molar-refractivity contribution < 1.29 is 14.3 Å². The molecule has 1 aromatic rings. The Labute approximate surface area is 106 Å². The van der Waals surface area contributed by atoms with Crippen LogP contribution in [0, 0.1) is 0 Å². The Balaban J connectivity index is 1.91. The summed E-state index contributed by atoms with van der Waals surface area (Å²) in [7, 11) is 0. The molecule has 1 fully saturated rings. The van der Waals surface area contributed by atoms with Crippen LogP contribution in [0.1, 0.15) is 37.0 Å². The molecule has 18 heavy (non-hydrogen) atoms. The van der Waals surface area contributed by atoms with Crippen molar-refractivity contribution >= 4 is 11.7 Å². The molecule has 4 nitrogen and oxygen atoms in total. The molecule has 1 amide bonds. The molecule has 96 valence electrons. The van der Waals surface area contributed by atoms with Crippen LogP contribution >= 0.6 is 0 Å². The fraction of sp³-hybridized carbons (Fsp3) is 0.429. The zero-order valence-electron chi connectivity index (χ0n) is 10.6. The van der Waals surface area contributed by atoms with Crippen LogP contribution in [0.3, 0.4) is 0 Å². The topological polar surface area (TPSA) is 55.4 Å². The molecule has 1 unspecified atom stereocenters. The lowest BCUT2D eigenvalue weighted by atomic mass is 10.1. The van der Waals surface area contributed by atoms with E-state index in [0.717, 1.165) is 12.8 Å². The van der Waals surface area contributed by atoms with E-state index in [1.54, 1.807) is 31.2 Å². The monoisotopic (exact) mass is 247 g/mol. The number of ketones is 1. The van der Waals surface area contributed by atoms with Crippen LogP contribution in [0.2, 0.25) is 0 Å². The van der Waals surface area contributed by atoms with Gasteiger partial charge in [0.05, 0.1) is 0 Å². The normalized spacial score (nSPS) is 15.9. The Hall–Kier alpha value is -1.84. The average molecular weight is 247 g/mol. The third kappa shape index (κ3) is 3.32. The van der Waals surface area contributed by atoms with Gasteiger partial charge < -0.3 is 10.1 Å². The van der Waals surface area contributed by atoms with E-state index in [4.69, 9.17) is 4.74 Å². The van der Waals surface area contributed by atoms with Crippen LogP contribution in [0.25, 0.3) is 0 Å². The first kappa shape index (κ1) is 12.6. The number of hydrogen-bond donors (Lipinski definition) is 1. The summed E-state index contributed by atoms with van der Waals surface area (Å²) in [5.74, 6) is 0.521. The van der Waals surface area contributed by atoms with E-state index in [9.17, 15) is 9.59 Å². The highest BCUT2D eigenvalue weighted by Gasteiger charge is 2.26. The van der Waals surface area contributed by atoms with Gasteiger partial charge in [0.15, 0.2) is 11.9 Å². The SMILES string of the molecule is CC(=O)c1ccc(OC(C)C(=O)NC2CC2)cc1. The summed E-state index contributed by atoms with van der Waals surface area (Å²) in [6.07, 6.45) is 1.60. The number of carbonyl (C=O) groups is 2. The van der Waals surface area contributed by atoms with Gasteiger partial charge in [-0.05, 0) is 51.0 Å². The number of hydrogen-bond acceptors (Lipinski definition) is 3. The van der Waals surface area contributed by atoms with Gasteiger partial charge in [0.1, 0.15) is 5.75 Å². The number of amides is 1. The molecule has 1 aliphatic carbocycles. The molecule has 4 heteroatoms. The standard InChI is InChI=1S/C14H17NO3/c1-9(16)11-3-7-13(8-4-11)18-10(2)14(17)15-12-5-6-12/h3-4,7-8,10,12H,5-6H2,1-2H3,(H,15,17). The Morgan fingerprint density at radius 1 is 1.28 bits per heavy atom. The van der Waals surface area contributed by atoms with Crippen molar-refractivity contribution in [1.29, 1.82) is 0 Å². The lowest BCUT2D eigenvalue weighted by Gasteiger charge is -2.14. The van der Waals surface area contributed by atoms with E-state index >= 15 is 0 Å². The van der Waals surface area contributed by atoms with Crippen molar-refractivity contribution in [3.05, 3.63) is 29.8 Å². The molecule has 0 radical (unpaired) electrons. The number of ether oxygens (including phenoxy) is 1. The molecule has 2 rings (SSSR count). The van der Waals surface area contributed by atoms with Crippen LogP contribution in [0.15, 0.2) is 24.3 Å². The largest absolute Gasteiger partial charge is 0.481 e. The molecule has 1 saturated carbocycles. The summed E-state index contributed by atoms with van der Waals surface area (Å²) in [6.45, 7) is 3.23. The average Bonchev–Trinajstić information content (AvgIpc) is 3.13. The molecule has 0 aromatic heterocycles. The van der Waals surface area contributed by atoms with Gasteiger partial charge >= 0.3 is 0 Å². The van der Waals surface area contributed by atoms with Crippen LogP contribution in [0.5, 0.6) is 5.75 Å². The van der Waals surface area contributed by atoms with Crippen LogP contribution in [-0.4, -0.2) is 23.8 Å². The highest BCUT2D eigenvalue weighted by molar-refractivity contribution is 5.94. The number of carbonyl (C=O) groups excluding carboxylic acids is 2. The fourth-order valence-electron chi connectivity index (χ4n) is 1.57. The van der Waals surface area contributed by atoms with Gasteiger partial charge in [-0.1, -0.05) is 0 Å². The molecule has 1 aliphatic rings. The van der Waals surface area contributed by atoms with E-state index in [1.165, 1.54) is 6.92 Å². The van der Waals surface area contributed by atoms with Crippen molar-refractivity contribution in [3.8, 4) is 5.75 Å². The second-order valence-corrected chi connectivity index (χ2v) is 4.62. The van der Waals surface area contributed by atoms with E-state index in [-0.39, 0.29) is 11.7 Å². The van der Waals surface area contributed by atoms with Gasteiger partial charge in [0.25, 0.3) is 5.91 Å². The quantitative estimate of drug-likeness (QED) is 0.809. The maximum Gasteiger partial charge on any atom is 0.260 e. The molecule has 0 spiro atoms. The second-order valence-electron chi connectivity index (χ2n) is 4.62. The Kier molecular flexibility index (Phi) is 3.65. The van der Waals surface area contributed by atoms with Gasteiger partial charge in [0.2, 0.25) is 0 Å². The maximum atomic E-state index is 11.7. The van der Waals surface area contributed by atoms with Gasteiger partial charge in [-0.15, -0.1) is 0 Å². The number of nitrogens with one attached hydrogen (secondary N) is 1. The smallest absolute Gasteiger partial charge is 0.260 e. The summed E-state index contributed by atoms with van der Waals surface area (Å²) < 4.78 is 5.52. The van der Waals surface area contributed by atoms with E-state index in [1.807, 2.05) is 0 Å². The summed E-state index contributed by atoms with van der Waals surface area (Å²) in [4.78, 5) is 22.8. The van der Waals surface area contributed by atoms with E-state index in [2.05, 4.69) is 5.32 Å². The highest BCUT2D eigenvalue weighted by atomic mass is 16.5. The van der Waals surface area contributed by atoms with Crippen molar-refractivity contribution in [1.82, 2.24) is 5.32 Å². The number of rotatable bonds is 5. The van der Waals surface area contributed by atoms with Crippen LogP contribution in [0.4, 0.5) is 0 Å². The minimum atomic E-state index is -0.520. The van der Waals surface area contributed by atoms with E-state index in [0.29, 0.717) is 17.4 Å². The lowest BCUT2D eigenvalue weighted by Crippen LogP contribution is -2.37. The maximum absolute atomic E-state index is 11.7. The Bertz CT molecular complexity index is 449. The predicted molar refractivity (Wildman–Crippen MR) is 67.7 cm³/mol. The van der Waals surface area contributed by atoms with Gasteiger partial charge in [-0.3, -0.25) is 9.59 Å². The first-order chi connectivity index (χ1) is 8.56. The van der Waals surface area contributed by atoms with Gasteiger partial charge in [-0.25, -0.2) is 0 Å². The summed E-state index contributed by atoms with van der Waals surface area (Å²) in [5.41, 5.74) is 0.637. The summed E-state index contributed by atoms with van der Waals surface area (Å²) in [6, 6.07) is 7.14. The van der Waals surface area contributed by atoms with Crippen LogP contribution in [-0.2, 0) is 4.79 Å². The van der Waals surface area contributed by atoms with Crippen molar-refractivity contribution in [2.24, 2.45) is 0 Å². The molecular weight excluding hydrogens is 230 g/mol. The van der Waals surface area contributed by atoms with Crippen molar-refractivity contribution in [3.63, 3.8) is 0 Å². The van der Waals surface area contributed by atoms with Gasteiger partial charge in [-0.2, -0.15) is 0 Å². The third-order valence-corrected chi connectivity index (χ3v) is 2.87. The highest BCUT2D eigenvalue weighted by Crippen LogP contribution is 2.19. The molecular formula is C14H17NO3. The zero-order valence-corrected chi connectivity index (χ0v) is 10.6. The molecule has 0 aliphatic heterocycles. The Morgan fingerprint density at radius 3 is 2.39 bits per heavy atom. The Morgan fingerprint density at radius 2 is 1.89 bits per heavy atom. The summed E-state index contributed by atoms with van der Waals surface area (Å²) >= 11 is 0.